The van der Waals surface area contributed by atoms with Gasteiger partial charge in [-0.25, -0.2) is 0 Å². The van der Waals surface area contributed by atoms with E-state index in [1.54, 1.807) is 0 Å². The molecule has 0 bridgehead atoms. The van der Waals surface area contributed by atoms with Gasteiger partial charge in [0.15, 0.2) is 0 Å². The zero-order chi connectivity index (χ0) is 10.6. The molecule has 76 valence electrons. The summed E-state index contributed by atoms with van der Waals surface area (Å²) in [6, 6.07) is -0.984. The summed E-state index contributed by atoms with van der Waals surface area (Å²) in [6.45, 7) is 0. The van der Waals surface area contributed by atoms with Gasteiger partial charge in [-0.1, -0.05) is 0 Å². The predicted octanol–water partition coefficient (Wildman–Crippen LogP) is 0.910. The van der Waals surface area contributed by atoms with Gasteiger partial charge in [-0.2, -0.15) is 0 Å². The smallest absolute Gasteiger partial charge is 0.313 e. The highest BCUT2D eigenvalue weighted by molar-refractivity contribution is 5.70. The van der Waals surface area contributed by atoms with Gasteiger partial charge in [-0.15, -0.1) is 11.8 Å². The first kappa shape index (κ1) is 10.5. The van der Waals surface area contributed by atoms with Gasteiger partial charge in [-0.05, 0) is 6.42 Å². The molecule has 0 spiro atoms. The van der Waals surface area contributed by atoms with E-state index in [2.05, 4.69) is 11.8 Å². The number of nitrogens with zero attached hydrogens (tertiary/aromatic N) is 1. The molecule has 1 aliphatic rings. The fourth-order valence-corrected chi connectivity index (χ4v) is 1.56. The Bertz CT molecular complexity index is 274. The Labute approximate surface area is 81.3 Å². The number of rotatable bonds is 2. The molecule has 5 heteroatoms. The van der Waals surface area contributed by atoms with E-state index in [1.807, 2.05) is 0 Å². The third-order valence-corrected chi connectivity index (χ3v) is 2.32. The minimum Gasteiger partial charge on any atom is -0.481 e. The van der Waals surface area contributed by atoms with Gasteiger partial charge >= 0.3 is 5.97 Å². The van der Waals surface area contributed by atoms with Crippen LogP contribution in [0.15, 0.2) is 0 Å². The molecule has 0 aromatic rings. The minimum absolute atomic E-state index is 0.233. The van der Waals surface area contributed by atoms with Crippen molar-refractivity contribution >= 4 is 5.97 Å². The van der Waals surface area contributed by atoms with Crippen LogP contribution >= 0.6 is 0 Å². The molecule has 0 saturated carbocycles. The van der Waals surface area contributed by atoms with Gasteiger partial charge in [0.25, 0.3) is 0 Å². The maximum absolute atomic E-state index is 10.8. The quantitative estimate of drug-likeness (QED) is 0.405. The summed E-state index contributed by atoms with van der Waals surface area (Å²) in [7, 11) is 0. The van der Waals surface area contributed by atoms with Gasteiger partial charge in [0.1, 0.15) is 5.92 Å². The Balaban J connectivity index is 2.80. The van der Waals surface area contributed by atoms with Crippen LogP contribution < -0.4 is 0 Å². The number of aliphatic carboxylic acids is 1. The number of carboxylic acid groups (broad SMARTS) is 1. The zero-order valence-electron chi connectivity index (χ0n) is 7.60. The monoisotopic (exact) mass is 197 g/mol. The van der Waals surface area contributed by atoms with Gasteiger partial charge in [0.2, 0.25) is 6.04 Å². The number of hydrogen-bond acceptors (Lipinski definition) is 3. The SMILES string of the molecule is O=C(O)C1CCC#CCCC1[N+](=O)[O-]. The molecule has 2 unspecified atom stereocenters. The van der Waals surface area contributed by atoms with E-state index in [0.29, 0.717) is 12.8 Å². The Morgan fingerprint density at radius 1 is 1.36 bits per heavy atom. The van der Waals surface area contributed by atoms with Gasteiger partial charge in [0, 0.05) is 24.2 Å². The van der Waals surface area contributed by atoms with Crippen molar-refractivity contribution in [2.75, 3.05) is 0 Å². The first-order chi connectivity index (χ1) is 6.63. The third-order valence-electron chi connectivity index (χ3n) is 2.32. The molecule has 0 aromatic carbocycles. The summed E-state index contributed by atoms with van der Waals surface area (Å²) in [5, 5.41) is 19.5. The van der Waals surface area contributed by atoms with Crippen LogP contribution in [0, 0.1) is 27.9 Å². The van der Waals surface area contributed by atoms with Crippen molar-refractivity contribution in [1.29, 1.82) is 0 Å². The zero-order valence-corrected chi connectivity index (χ0v) is 7.60. The molecule has 1 aliphatic carbocycles. The first-order valence-corrected chi connectivity index (χ1v) is 4.45. The summed E-state index contributed by atoms with van der Waals surface area (Å²) >= 11 is 0. The van der Waals surface area contributed by atoms with Crippen LogP contribution in [-0.4, -0.2) is 22.0 Å². The largest absolute Gasteiger partial charge is 0.481 e. The molecule has 14 heavy (non-hydrogen) atoms. The molecule has 0 aliphatic heterocycles. The van der Waals surface area contributed by atoms with Crippen LogP contribution in [0.4, 0.5) is 0 Å². The van der Waals surface area contributed by atoms with Gasteiger partial charge in [0.05, 0.1) is 0 Å². The van der Waals surface area contributed by atoms with Gasteiger partial charge in [-0.3, -0.25) is 14.9 Å². The molecule has 2 atom stereocenters. The molecule has 0 fully saturated rings. The number of carboxylic acids is 1. The van der Waals surface area contributed by atoms with Crippen LogP contribution in [0.5, 0.6) is 0 Å². The lowest BCUT2D eigenvalue weighted by atomic mass is 9.90. The van der Waals surface area contributed by atoms with E-state index < -0.39 is 22.9 Å². The molecule has 0 saturated heterocycles. The van der Waals surface area contributed by atoms with Crippen LogP contribution in [-0.2, 0) is 4.79 Å². The molecule has 1 rings (SSSR count). The summed E-state index contributed by atoms with van der Waals surface area (Å²) in [5.74, 6) is 3.60. The van der Waals surface area contributed by atoms with Gasteiger partial charge < -0.3 is 5.11 Å². The minimum atomic E-state index is -1.09. The van der Waals surface area contributed by atoms with E-state index >= 15 is 0 Å². The van der Waals surface area contributed by atoms with E-state index in [4.69, 9.17) is 5.11 Å². The lowest BCUT2D eigenvalue weighted by Gasteiger charge is -2.16. The third kappa shape index (κ3) is 2.46. The molecular formula is C9H11NO4. The van der Waals surface area contributed by atoms with Crippen LogP contribution in [0.2, 0.25) is 0 Å². The molecule has 5 nitrogen and oxygen atoms in total. The van der Waals surface area contributed by atoms with E-state index in [0.717, 1.165) is 0 Å². The van der Waals surface area contributed by atoms with E-state index in [1.165, 1.54) is 0 Å². The van der Waals surface area contributed by atoms with Crippen molar-refractivity contribution < 1.29 is 14.8 Å². The highest BCUT2D eigenvalue weighted by atomic mass is 16.6. The highest BCUT2D eigenvalue weighted by Gasteiger charge is 2.36. The maximum Gasteiger partial charge on any atom is 0.313 e. The first-order valence-electron chi connectivity index (χ1n) is 4.45. The summed E-state index contributed by atoms with van der Waals surface area (Å²) < 4.78 is 0. The normalized spacial score (nSPS) is 26.6. The Morgan fingerprint density at radius 2 is 1.93 bits per heavy atom. The molecular weight excluding hydrogens is 186 g/mol. The molecule has 1 N–H and O–H groups in total. The second kappa shape index (κ2) is 4.61. The Kier molecular flexibility index (Phi) is 3.46. The van der Waals surface area contributed by atoms with Crippen molar-refractivity contribution in [2.45, 2.75) is 31.7 Å². The molecule has 0 aromatic heterocycles. The second-order valence-corrected chi connectivity index (χ2v) is 3.23. The maximum atomic E-state index is 10.8. The average Bonchev–Trinajstić information content (AvgIpc) is 2.01. The Morgan fingerprint density at radius 3 is 2.43 bits per heavy atom. The van der Waals surface area contributed by atoms with Crippen molar-refractivity contribution in [3.63, 3.8) is 0 Å². The predicted molar refractivity (Wildman–Crippen MR) is 48.2 cm³/mol. The number of carbonyl (C=O) groups is 1. The Hall–Kier alpha value is -1.57. The number of hydrogen-bond donors (Lipinski definition) is 1. The fourth-order valence-electron chi connectivity index (χ4n) is 1.56. The molecule has 0 amide bonds. The van der Waals surface area contributed by atoms with E-state index in [-0.39, 0.29) is 12.8 Å². The standard InChI is InChI=1S/C9H11NO4/c11-9(12)7-5-3-1-2-4-6-8(7)10(13)14/h7-8H,3-6H2,(H,11,12). The van der Waals surface area contributed by atoms with E-state index in [9.17, 15) is 14.9 Å². The lowest BCUT2D eigenvalue weighted by molar-refractivity contribution is -0.530. The summed E-state index contributed by atoms with van der Waals surface area (Å²) in [6.07, 6.45) is 1.35. The number of nitro groups is 1. The van der Waals surface area contributed by atoms with Crippen LogP contribution in [0.1, 0.15) is 25.7 Å². The van der Waals surface area contributed by atoms with Crippen molar-refractivity contribution in [2.24, 2.45) is 5.92 Å². The van der Waals surface area contributed by atoms with Crippen molar-refractivity contribution in [1.82, 2.24) is 0 Å². The molecule has 0 heterocycles. The lowest BCUT2D eigenvalue weighted by Crippen LogP contribution is -2.35. The molecule has 0 radical (unpaired) electrons. The summed E-state index contributed by atoms with van der Waals surface area (Å²) in [5.41, 5.74) is 0. The van der Waals surface area contributed by atoms with Crippen molar-refractivity contribution in [3.05, 3.63) is 10.1 Å². The van der Waals surface area contributed by atoms with Crippen LogP contribution in [0.25, 0.3) is 0 Å². The second-order valence-electron chi connectivity index (χ2n) is 3.23. The van der Waals surface area contributed by atoms with Crippen LogP contribution in [0.3, 0.4) is 0 Å². The fraction of sp³-hybridized carbons (Fsp3) is 0.667. The topological polar surface area (TPSA) is 80.4 Å². The average molecular weight is 197 g/mol. The van der Waals surface area contributed by atoms with Crippen molar-refractivity contribution in [3.8, 4) is 11.8 Å². The highest BCUT2D eigenvalue weighted by Crippen LogP contribution is 2.20. The summed E-state index contributed by atoms with van der Waals surface area (Å²) in [4.78, 5) is 20.9.